The van der Waals surface area contributed by atoms with Crippen LogP contribution in [0.25, 0.3) is 0 Å². The summed E-state index contributed by atoms with van der Waals surface area (Å²) in [5.74, 6) is -0.408. The van der Waals surface area contributed by atoms with Crippen LogP contribution in [0.5, 0.6) is 5.88 Å². The first-order chi connectivity index (χ1) is 7.54. The lowest BCUT2D eigenvalue weighted by molar-refractivity contribution is -0.137. The minimum atomic E-state index is -0.855. The van der Waals surface area contributed by atoms with Crippen LogP contribution in [0.3, 0.4) is 0 Å². The molecule has 5 nitrogen and oxygen atoms in total. The number of rotatable bonds is 5. The van der Waals surface area contributed by atoms with Gasteiger partial charge in [-0.15, -0.1) is 0 Å². The summed E-state index contributed by atoms with van der Waals surface area (Å²) in [7, 11) is 1.51. The van der Waals surface area contributed by atoms with Crippen LogP contribution in [-0.2, 0) is 4.79 Å². The Balaban J connectivity index is 2.81. The lowest BCUT2D eigenvalue weighted by atomic mass is 10.1. The lowest BCUT2D eigenvalue weighted by Crippen LogP contribution is -2.22. The highest BCUT2D eigenvalue weighted by molar-refractivity contribution is 8.00. The highest BCUT2D eigenvalue weighted by Gasteiger charge is 2.24. The first kappa shape index (κ1) is 12.8. The minimum Gasteiger partial charge on any atom is -0.481 e. The van der Waals surface area contributed by atoms with Gasteiger partial charge in [0.25, 0.3) is 0 Å². The molecule has 0 aliphatic heterocycles. The van der Waals surface area contributed by atoms with Crippen LogP contribution >= 0.6 is 11.8 Å². The second-order valence-corrected chi connectivity index (χ2v) is 4.61. The zero-order valence-electron chi connectivity index (χ0n) is 9.38. The van der Waals surface area contributed by atoms with Gasteiger partial charge in [-0.3, -0.25) is 4.79 Å². The maximum atomic E-state index is 11.0. The maximum Gasteiger partial charge on any atom is 0.317 e. The van der Waals surface area contributed by atoms with E-state index in [1.807, 2.05) is 13.8 Å². The third-order valence-electron chi connectivity index (χ3n) is 1.90. The smallest absolute Gasteiger partial charge is 0.317 e. The second-order valence-electron chi connectivity index (χ2n) is 3.50. The molecule has 6 heteroatoms. The Morgan fingerprint density at radius 2 is 2.25 bits per heavy atom. The number of aliphatic carboxylic acids is 1. The van der Waals surface area contributed by atoms with Gasteiger partial charge in [-0.25, -0.2) is 4.98 Å². The number of nitrogens with zero attached hydrogens (tertiary/aromatic N) is 2. The van der Waals surface area contributed by atoms with E-state index in [-0.39, 0.29) is 5.92 Å². The molecule has 1 unspecified atom stereocenters. The molecule has 0 radical (unpaired) electrons. The van der Waals surface area contributed by atoms with Gasteiger partial charge in [0.2, 0.25) is 5.88 Å². The number of carboxylic acids is 1. The molecule has 1 rings (SSSR count). The number of hydrogen-bond acceptors (Lipinski definition) is 5. The first-order valence-electron chi connectivity index (χ1n) is 4.81. The molecule has 0 amide bonds. The Morgan fingerprint density at radius 1 is 1.56 bits per heavy atom. The van der Waals surface area contributed by atoms with E-state index in [9.17, 15) is 4.79 Å². The highest BCUT2D eigenvalue weighted by Crippen LogP contribution is 2.26. The molecular formula is C10H14N2O3S. The molecule has 1 aromatic heterocycles. The Kier molecular flexibility index (Phi) is 4.54. The summed E-state index contributed by atoms with van der Waals surface area (Å²) >= 11 is 1.13. The molecule has 1 atom stereocenters. The molecule has 1 aromatic rings. The second kappa shape index (κ2) is 5.69. The van der Waals surface area contributed by atoms with Gasteiger partial charge in [-0.1, -0.05) is 25.6 Å². The average Bonchev–Trinajstić information content (AvgIpc) is 2.25. The number of thioether (sulfide) groups is 1. The van der Waals surface area contributed by atoms with Crippen molar-refractivity contribution in [1.82, 2.24) is 9.97 Å². The van der Waals surface area contributed by atoms with Gasteiger partial charge in [0.05, 0.1) is 7.11 Å². The van der Waals surface area contributed by atoms with Crippen LogP contribution in [0.15, 0.2) is 17.4 Å². The Bertz CT molecular complexity index is 371. The number of carbonyl (C=O) groups is 1. The van der Waals surface area contributed by atoms with Crippen LogP contribution in [0.4, 0.5) is 0 Å². The van der Waals surface area contributed by atoms with Crippen LogP contribution < -0.4 is 4.74 Å². The largest absolute Gasteiger partial charge is 0.481 e. The molecular weight excluding hydrogens is 228 g/mol. The first-order valence-corrected chi connectivity index (χ1v) is 5.69. The monoisotopic (exact) mass is 242 g/mol. The van der Waals surface area contributed by atoms with Crippen molar-refractivity contribution in [2.45, 2.75) is 24.3 Å². The van der Waals surface area contributed by atoms with Gasteiger partial charge in [0, 0.05) is 12.3 Å². The van der Waals surface area contributed by atoms with Crippen molar-refractivity contribution >= 4 is 17.7 Å². The number of hydrogen-bond donors (Lipinski definition) is 1. The van der Waals surface area contributed by atoms with E-state index in [1.165, 1.54) is 7.11 Å². The number of ether oxygens (including phenoxy) is 1. The quantitative estimate of drug-likeness (QED) is 0.625. The fourth-order valence-corrected chi connectivity index (χ4v) is 1.95. The molecule has 1 heterocycles. The highest BCUT2D eigenvalue weighted by atomic mass is 32.2. The molecule has 0 fully saturated rings. The van der Waals surface area contributed by atoms with E-state index in [1.54, 1.807) is 12.3 Å². The van der Waals surface area contributed by atoms with Crippen LogP contribution in [0, 0.1) is 5.92 Å². The molecule has 0 aliphatic rings. The number of carboxylic acid groups (broad SMARTS) is 1. The van der Waals surface area contributed by atoms with Gasteiger partial charge in [0.1, 0.15) is 5.25 Å². The summed E-state index contributed by atoms with van der Waals surface area (Å²) in [4.78, 5) is 19.1. The average molecular weight is 242 g/mol. The third-order valence-corrected chi connectivity index (χ3v) is 3.31. The predicted octanol–water partition coefficient (Wildman–Crippen LogP) is 1.69. The topological polar surface area (TPSA) is 72.3 Å². The van der Waals surface area contributed by atoms with Crippen LogP contribution in [0.2, 0.25) is 0 Å². The van der Waals surface area contributed by atoms with Crippen molar-refractivity contribution in [2.24, 2.45) is 5.92 Å². The van der Waals surface area contributed by atoms with E-state index in [0.29, 0.717) is 11.0 Å². The van der Waals surface area contributed by atoms with Gasteiger partial charge in [-0.2, -0.15) is 4.98 Å². The normalized spacial score (nSPS) is 12.5. The van der Waals surface area contributed by atoms with Crippen molar-refractivity contribution in [3.8, 4) is 5.88 Å². The predicted molar refractivity (Wildman–Crippen MR) is 60.7 cm³/mol. The minimum absolute atomic E-state index is 0.0114. The van der Waals surface area contributed by atoms with Crippen molar-refractivity contribution < 1.29 is 14.6 Å². The molecule has 0 aliphatic carbocycles. The van der Waals surface area contributed by atoms with Crippen molar-refractivity contribution in [3.63, 3.8) is 0 Å². The van der Waals surface area contributed by atoms with Crippen LogP contribution in [0.1, 0.15) is 13.8 Å². The maximum absolute atomic E-state index is 11.0. The summed E-state index contributed by atoms with van der Waals surface area (Å²) in [6.45, 7) is 3.71. The van der Waals surface area contributed by atoms with Crippen molar-refractivity contribution in [1.29, 1.82) is 0 Å². The van der Waals surface area contributed by atoms with Crippen molar-refractivity contribution in [2.75, 3.05) is 7.11 Å². The van der Waals surface area contributed by atoms with E-state index < -0.39 is 11.2 Å². The van der Waals surface area contributed by atoms with Crippen LogP contribution in [-0.4, -0.2) is 33.4 Å². The lowest BCUT2D eigenvalue weighted by Gasteiger charge is -2.14. The third kappa shape index (κ3) is 3.37. The van der Waals surface area contributed by atoms with E-state index in [0.717, 1.165) is 11.8 Å². The SMILES string of the molecule is COc1ccnc(SC(C(=O)O)C(C)C)n1. The van der Waals surface area contributed by atoms with Gasteiger partial charge < -0.3 is 9.84 Å². The van der Waals surface area contributed by atoms with E-state index >= 15 is 0 Å². The molecule has 0 saturated carbocycles. The fourth-order valence-electron chi connectivity index (χ4n) is 1.08. The molecule has 16 heavy (non-hydrogen) atoms. The summed E-state index contributed by atoms with van der Waals surface area (Å²) in [6.07, 6.45) is 1.55. The Labute approximate surface area is 98.3 Å². The van der Waals surface area contributed by atoms with E-state index in [2.05, 4.69) is 9.97 Å². The van der Waals surface area contributed by atoms with E-state index in [4.69, 9.17) is 9.84 Å². The molecule has 0 saturated heterocycles. The standard InChI is InChI=1S/C10H14N2O3S/c1-6(2)8(9(13)14)16-10-11-5-4-7(12-10)15-3/h4-6,8H,1-3H3,(H,13,14). The molecule has 88 valence electrons. The molecule has 0 bridgehead atoms. The zero-order chi connectivity index (χ0) is 12.1. The number of aromatic nitrogens is 2. The number of methoxy groups -OCH3 is 1. The Morgan fingerprint density at radius 3 is 2.75 bits per heavy atom. The summed E-state index contributed by atoms with van der Waals surface area (Å²) in [5, 5.41) is 8.89. The zero-order valence-corrected chi connectivity index (χ0v) is 10.2. The van der Waals surface area contributed by atoms with Crippen molar-refractivity contribution in [3.05, 3.63) is 12.3 Å². The summed E-state index contributed by atoms with van der Waals surface area (Å²) in [5.41, 5.74) is 0. The summed E-state index contributed by atoms with van der Waals surface area (Å²) < 4.78 is 4.95. The summed E-state index contributed by atoms with van der Waals surface area (Å²) in [6, 6.07) is 1.62. The fraction of sp³-hybridized carbons (Fsp3) is 0.500. The molecule has 0 aromatic carbocycles. The van der Waals surface area contributed by atoms with Gasteiger partial charge in [0.15, 0.2) is 5.16 Å². The van der Waals surface area contributed by atoms with Gasteiger partial charge >= 0.3 is 5.97 Å². The van der Waals surface area contributed by atoms with Gasteiger partial charge in [-0.05, 0) is 5.92 Å². The molecule has 0 spiro atoms. The molecule has 1 N–H and O–H groups in total. The Hall–Kier alpha value is -1.30.